The molecule has 0 amide bonds. The molecule has 10 aromatic rings. The Kier molecular flexibility index (Phi) is 7.18. The summed E-state index contributed by atoms with van der Waals surface area (Å²) in [6.45, 7) is 0. The van der Waals surface area contributed by atoms with Crippen molar-refractivity contribution in [2.24, 2.45) is 0 Å². The van der Waals surface area contributed by atoms with Crippen LogP contribution in [0.2, 0.25) is 0 Å². The van der Waals surface area contributed by atoms with Gasteiger partial charge in [-0.15, -0.1) is 0 Å². The zero-order valence-electron chi connectivity index (χ0n) is 28.4. The van der Waals surface area contributed by atoms with Gasteiger partial charge >= 0.3 is 0 Å². The molecule has 1 aromatic heterocycles. The average Bonchev–Trinajstić information content (AvgIpc) is 3.59. The van der Waals surface area contributed by atoms with Crippen molar-refractivity contribution in [2.45, 2.75) is 0 Å². The number of rotatable bonds is 6. The van der Waals surface area contributed by atoms with Crippen molar-refractivity contribution >= 4 is 60.5 Å². The molecule has 0 atom stereocenters. The molecule has 0 saturated heterocycles. The number of benzene rings is 9. The van der Waals surface area contributed by atoms with Crippen LogP contribution in [0.25, 0.3) is 76.9 Å². The van der Waals surface area contributed by atoms with Gasteiger partial charge in [-0.2, -0.15) is 0 Å². The zero-order chi connectivity index (χ0) is 34.4. The number of para-hydroxylation sites is 2. The first-order valence-electron chi connectivity index (χ1n) is 17.7. The number of anilines is 3. The molecule has 0 N–H and O–H groups in total. The molecule has 0 spiro atoms. The summed E-state index contributed by atoms with van der Waals surface area (Å²) in [6, 6.07) is 71.8. The van der Waals surface area contributed by atoms with Gasteiger partial charge in [0.25, 0.3) is 0 Å². The number of nitrogens with zero attached hydrogens (tertiary/aromatic N) is 1. The molecule has 0 aliphatic carbocycles. The van der Waals surface area contributed by atoms with Crippen LogP contribution in [0.3, 0.4) is 0 Å². The van der Waals surface area contributed by atoms with Crippen molar-refractivity contribution in [3.8, 4) is 33.4 Å². The highest BCUT2D eigenvalue weighted by Crippen LogP contribution is 2.43. The molecule has 2 nitrogen and oxygen atoms in total. The Morgan fingerprint density at radius 2 is 0.846 bits per heavy atom. The van der Waals surface area contributed by atoms with E-state index in [9.17, 15) is 0 Å². The fourth-order valence-corrected chi connectivity index (χ4v) is 7.59. The van der Waals surface area contributed by atoms with Crippen molar-refractivity contribution < 1.29 is 4.42 Å². The van der Waals surface area contributed by atoms with Gasteiger partial charge in [-0.05, 0) is 97.9 Å². The molecule has 0 aliphatic rings. The minimum absolute atomic E-state index is 0.873. The lowest BCUT2D eigenvalue weighted by Crippen LogP contribution is -2.11. The molecule has 52 heavy (non-hydrogen) atoms. The van der Waals surface area contributed by atoms with Crippen LogP contribution in [0.4, 0.5) is 17.1 Å². The van der Waals surface area contributed by atoms with E-state index >= 15 is 0 Å². The van der Waals surface area contributed by atoms with Gasteiger partial charge < -0.3 is 9.32 Å². The molecule has 0 aliphatic heterocycles. The molecular weight excluding hydrogens is 631 g/mol. The maximum absolute atomic E-state index is 6.38. The lowest BCUT2D eigenvalue weighted by molar-refractivity contribution is 0.669. The van der Waals surface area contributed by atoms with Crippen LogP contribution in [0, 0.1) is 0 Å². The first-order chi connectivity index (χ1) is 25.7. The van der Waals surface area contributed by atoms with Gasteiger partial charge in [0.05, 0.1) is 5.69 Å². The van der Waals surface area contributed by atoms with Gasteiger partial charge in [0, 0.05) is 33.8 Å². The van der Waals surface area contributed by atoms with E-state index in [-0.39, 0.29) is 0 Å². The SMILES string of the molecule is c1ccc(-c2ccccc2N(c2ccc3cc(-c4ccc(-c5ccc6ccccc6c5)cc4)ccc3c2)c2ccc3c(c2)oc2ccccc23)cc1. The third kappa shape index (κ3) is 5.30. The van der Waals surface area contributed by atoms with E-state index in [1.807, 2.05) is 12.1 Å². The van der Waals surface area contributed by atoms with Gasteiger partial charge in [0.15, 0.2) is 0 Å². The Hall–Kier alpha value is -6.90. The minimum Gasteiger partial charge on any atom is -0.456 e. The molecule has 2 heteroatoms. The smallest absolute Gasteiger partial charge is 0.137 e. The Labute approximate surface area is 302 Å². The van der Waals surface area contributed by atoms with Crippen molar-refractivity contribution in [3.05, 3.63) is 200 Å². The van der Waals surface area contributed by atoms with Crippen molar-refractivity contribution in [2.75, 3.05) is 4.90 Å². The van der Waals surface area contributed by atoms with Gasteiger partial charge in [-0.25, -0.2) is 0 Å². The Morgan fingerprint density at radius 3 is 1.65 bits per heavy atom. The van der Waals surface area contributed by atoms with Crippen LogP contribution in [0.1, 0.15) is 0 Å². The standard InChI is InChI=1S/C50H33NO/c1-2-11-37(12-3-1)45-14-6-8-16-48(45)51(44-28-29-47-46-15-7-9-17-49(46)52-50(47)33-44)43-27-26-41-31-40(24-25-42(41)32-43)36-20-18-35(19-21-36)39-23-22-34-10-4-5-13-38(34)30-39/h1-33H. The first-order valence-corrected chi connectivity index (χ1v) is 17.7. The maximum atomic E-state index is 6.38. The number of fused-ring (bicyclic) bond motifs is 5. The molecule has 10 rings (SSSR count). The summed E-state index contributed by atoms with van der Waals surface area (Å²) in [7, 11) is 0. The highest BCUT2D eigenvalue weighted by molar-refractivity contribution is 6.06. The summed E-state index contributed by atoms with van der Waals surface area (Å²) in [4.78, 5) is 2.35. The fourth-order valence-electron chi connectivity index (χ4n) is 7.59. The molecular formula is C50H33NO. The maximum Gasteiger partial charge on any atom is 0.137 e. The van der Waals surface area contributed by atoms with Crippen LogP contribution in [0.5, 0.6) is 0 Å². The summed E-state index contributed by atoms with van der Waals surface area (Å²) in [6.07, 6.45) is 0. The predicted molar refractivity (Wildman–Crippen MR) is 220 cm³/mol. The summed E-state index contributed by atoms with van der Waals surface area (Å²) >= 11 is 0. The molecule has 0 bridgehead atoms. The van der Waals surface area contributed by atoms with Gasteiger partial charge in [-0.3, -0.25) is 0 Å². The van der Waals surface area contributed by atoms with Crippen LogP contribution in [0.15, 0.2) is 205 Å². The first kappa shape index (κ1) is 30.0. The summed E-state index contributed by atoms with van der Waals surface area (Å²) in [5.74, 6) is 0. The highest BCUT2D eigenvalue weighted by atomic mass is 16.3. The van der Waals surface area contributed by atoms with E-state index in [1.165, 1.54) is 49.4 Å². The number of hydrogen-bond acceptors (Lipinski definition) is 2. The lowest BCUT2D eigenvalue weighted by Gasteiger charge is -2.28. The summed E-state index contributed by atoms with van der Waals surface area (Å²) in [5.41, 5.74) is 12.2. The largest absolute Gasteiger partial charge is 0.456 e. The second kappa shape index (κ2) is 12.5. The third-order valence-corrected chi connectivity index (χ3v) is 10.2. The molecule has 0 unspecified atom stereocenters. The summed E-state index contributed by atoms with van der Waals surface area (Å²) < 4.78 is 6.38. The van der Waals surface area contributed by atoms with E-state index in [1.54, 1.807) is 0 Å². The number of hydrogen-bond donors (Lipinski definition) is 0. The van der Waals surface area contributed by atoms with Crippen molar-refractivity contribution in [1.29, 1.82) is 0 Å². The molecule has 9 aromatic carbocycles. The summed E-state index contributed by atoms with van der Waals surface area (Å²) in [5, 5.41) is 7.15. The zero-order valence-corrected chi connectivity index (χ0v) is 28.4. The molecule has 244 valence electrons. The van der Waals surface area contributed by atoms with Crippen LogP contribution in [-0.2, 0) is 0 Å². The van der Waals surface area contributed by atoms with Gasteiger partial charge in [0.1, 0.15) is 11.2 Å². The Morgan fingerprint density at radius 1 is 0.308 bits per heavy atom. The lowest BCUT2D eigenvalue weighted by atomic mass is 9.97. The molecule has 1 heterocycles. The van der Waals surface area contributed by atoms with E-state index in [4.69, 9.17) is 4.42 Å². The Balaban J connectivity index is 1.05. The topological polar surface area (TPSA) is 16.4 Å². The third-order valence-electron chi connectivity index (χ3n) is 10.2. The van der Waals surface area contributed by atoms with Crippen molar-refractivity contribution in [1.82, 2.24) is 0 Å². The van der Waals surface area contributed by atoms with Crippen LogP contribution < -0.4 is 4.90 Å². The fraction of sp³-hybridized carbons (Fsp3) is 0. The van der Waals surface area contributed by atoms with Crippen molar-refractivity contribution in [3.63, 3.8) is 0 Å². The van der Waals surface area contributed by atoms with E-state index in [0.717, 1.165) is 44.6 Å². The second-order valence-electron chi connectivity index (χ2n) is 13.4. The molecule has 0 saturated carbocycles. The van der Waals surface area contributed by atoms with E-state index in [2.05, 4.69) is 193 Å². The highest BCUT2D eigenvalue weighted by Gasteiger charge is 2.19. The predicted octanol–water partition coefficient (Wildman–Crippen LogP) is 14.4. The van der Waals surface area contributed by atoms with Crippen LogP contribution in [-0.4, -0.2) is 0 Å². The molecule has 0 fully saturated rings. The Bertz CT molecular complexity index is 2900. The van der Waals surface area contributed by atoms with E-state index < -0.39 is 0 Å². The minimum atomic E-state index is 0.873. The average molecular weight is 664 g/mol. The molecule has 0 radical (unpaired) electrons. The quantitative estimate of drug-likeness (QED) is 0.176. The van der Waals surface area contributed by atoms with E-state index in [0.29, 0.717) is 0 Å². The van der Waals surface area contributed by atoms with Gasteiger partial charge in [-0.1, -0.05) is 146 Å². The van der Waals surface area contributed by atoms with Crippen LogP contribution >= 0.6 is 0 Å². The normalized spacial score (nSPS) is 11.5. The monoisotopic (exact) mass is 663 g/mol. The second-order valence-corrected chi connectivity index (χ2v) is 13.4. The van der Waals surface area contributed by atoms with Gasteiger partial charge in [0.2, 0.25) is 0 Å². The number of furan rings is 1.